The van der Waals surface area contributed by atoms with Gasteiger partial charge in [-0.05, 0) is 31.1 Å². The van der Waals surface area contributed by atoms with Crippen molar-refractivity contribution in [1.82, 2.24) is 0 Å². The molecule has 0 N–H and O–H groups in total. The monoisotopic (exact) mass is 212 g/mol. The first-order valence-corrected chi connectivity index (χ1v) is 6.68. The maximum atomic E-state index is 4.16. The van der Waals surface area contributed by atoms with Crippen LogP contribution in [0.4, 0.5) is 0 Å². The average Bonchev–Trinajstić information content (AvgIpc) is 2.17. The van der Waals surface area contributed by atoms with Gasteiger partial charge in [0.05, 0.1) is 0 Å². The molecule has 0 saturated carbocycles. The van der Waals surface area contributed by atoms with Crippen LogP contribution in [0.3, 0.4) is 0 Å². The van der Waals surface area contributed by atoms with Crippen LogP contribution in [-0.4, -0.2) is 0 Å². The zero-order valence-corrected chi connectivity index (χ0v) is 11.9. The van der Waals surface area contributed by atoms with Crippen molar-refractivity contribution in [3.8, 4) is 0 Å². The molecule has 0 aliphatic carbocycles. The molecule has 0 atom stereocenters. The van der Waals surface area contributed by atoms with Crippen LogP contribution >= 0.6 is 0 Å². The zero-order valence-electron chi connectivity index (χ0n) is 11.9. The normalized spacial score (nSPS) is 10.5. The second kappa shape index (κ2) is 10.3. The highest BCUT2D eigenvalue weighted by Gasteiger charge is 2.17. The Hall–Kier alpha value is -0.260. The van der Waals surface area contributed by atoms with Gasteiger partial charge in [-0.15, -0.1) is 0 Å². The molecule has 0 nitrogen and oxygen atoms in total. The van der Waals surface area contributed by atoms with E-state index in [0.717, 1.165) is 0 Å². The number of allylic oxidation sites excluding steroid dienone is 1. The second-order valence-electron chi connectivity index (χ2n) is 4.94. The lowest BCUT2D eigenvalue weighted by Crippen LogP contribution is -2.11. The summed E-state index contributed by atoms with van der Waals surface area (Å²) in [5.74, 6) is 0. The predicted octanol–water partition coefficient (Wildman–Crippen LogP) is 5.98. The van der Waals surface area contributed by atoms with Crippen LogP contribution in [0.1, 0.15) is 80.1 Å². The van der Waals surface area contributed by atoms with Crippen LogP contribution in [0.25, 0.3) is 0 Å². The molecule has 0 rings (SSSR count). The summed E-state index contributed by atoms with van der Waals surface area (Å²) in [6.07, 6.45) is 7.63. The first-order valence-electron chi connectivity index (χ1n) is 6.68. The highest BCUT2D eigenvalue weighted by molar-refractivity contribution is 4.98. The number of hydrogen-bond donors (Lipinski definition) is 0. The summed E-state index contributed by atoms with van der Waals surface area (Å²) in [6, 6.07) is 0. The molecule has 92 valence electrons. The minimum Gasteiger partial charge on any atom is -0.0998 e. The summed E-state index contributed by atoms with van der Waals surface area (Å²) < 4.78 is 0. The van der Waals surface area contributed by atoms with Crippen LogP contribution in [0.15, 0.2) is 12.2 Å². The van der Waals surface area contributed by atoms with Gasteiger partial charge in [-0.25, -0.2) is 0 Å². The number of rotatable bonds is 7. The van der Waals surface area contributed by atoms with Gasteiger partial charge >= 0.3 is 0 Å². The lowest BCUT2D eigenvalue weighted by atomic mass is 9.81. The Morgan fingerprint density at radius 1 is 1.07 bits per heavy atom. The van der Waals surface area contributed by atoms with Gasteiger partial charge in [0.25, 0.3) is 0 Å². The van der Waals surface area contributed by atoms with E-state index in [2.05, 4.69) is 34.3 Å². The Labute approximate surface area is 98.2 Å². The minimum absolute atomic E-state index is 0.472. The fourth-order valence-electron chi connectivity index (χ4n) is 1.96. The largest absolute Gasteiger partial charge is 0.0998 e. The van der Waals surface area contributed by atoms with Crippen molar-refractivity contribution < 1.29 is 0 Å². The molecule has 0 aliphatic heterocycles. The van der Waals surface area contributed by atoms with Crippen molar-refractivity contribution in [2.24, 2.45) is 5.41 Å². The van der Waals surface area contributed by atoms with Gasteiger partial charge in [0.2, 0.25) is 0 Å². The van der Waals surface area contributed by atoms with Gasteiger partial charge in [-0.2, -0.15) is 0 Å². The Morgan fingerprint density at radius 2 is 1.60 bits per heavy atom. The summed E-state index contributed by atoms with van der Waals surface area (Å²) in [4.78, 5) is 0. The molecule has 0 radical (unpaired) electrons. The van der Waals surface area contributed by atoms with Gasteiger partial charge in [-0.3, -0.25) is 0 Å². The molecule has 15 heavy (non-hydrogen) atoms. The summed E-state index contributed by atoms with van der Waals surface area (Å²) in [5, 5.41) is 0. The van der Waals surface area contributed by atoms with Crippen molar-refractivity contribution in [1.29, 1.82) is 0 Å². The quantitative estimate of drug-likeness (QED) is 0.456. The SMILES string of the molecule is C=C(CCCC)CC(C)(C)CCC.CC. The van der Waals surface area contributed by atoms with Crippen LogP contribution in [0.5, 0.6) is 0 Å². The molecule has 0 unspecified atom stereocenters. The van der Waals surface area contributed by atoms with Crippen LogP contribution < -0.4 is 0 Å². The van der Waals surface area contributed by atoms with E-state index in [1.807, 2.05) is 13.8 Å². The fourth-order valence-corrected chi connectivity index (χ4v) is 1.96. The lowest BCUT2D eigenvalue weighted by molar-refractivity contribution is 0.324. The Kier molecular flexibility index (Phi) is 11.7. The van der Waals surface area contributed by atoms with Gasteiger partial charge in [0, 0.05) is 0 Å². The van der Waals surface area contributed by atoms with Crippen molar-refractivity contribution in [3.63, 3.8) is 0 Å². The maximum Gasteiger partial charge on any atom is -0.0271 e. The molecule has 0 heterocycles. The highest BCUT2D eigenvalue weighted by atomic mass is 14.2. The molecule has 0 spiro atoms. The van der Waals surface area contributed by atoms with E-state index in [1.165, 1.54) is 44.1 Å². The van der Waals surface area contributed by atoms with Crippen molar-refractivity contribution in [2.75, 3.05) is 0 Å². The van der Waals surface area contributed by atoms with Crippen LogP contribution in [-0.2, 0) is 0 Å². The third kappa shape index (κ3) is 11.7. The van der Waals surface area contributed by atoms with Crippen LogP contribution in [0.2, 0.25) is 0 Å². The minimum atomic E-state index is 0.472. The third-order valence-corrected chi connectivity index (χ3v) is 2.54. The molecule has 0 saturated heterocycles. The highest BCUT2D eigenvalue weighted by Crippen LogP contribution is 2.31. The number of unbranched alkanes of at least 4 members (excludes halogenated alkanes) is 1. The summed E-state index contributed by atoms with van der Waals surface area (Å²) in [7, 11) is 0. The molecule has 0 aromatic carbocycles. The Balaban J connectivity index is 0. The number of hydrogen-bond acceptors (Lipinski definition) is 0. The lowest BCUT2D eigenvalue weighted by Gasteiger charge is -2.25. The van der Waals surface area contributed by atoms with E-state index >= 15 is 0 Å². The van der Waals surface area contributed by atoms with E-state index in [1.54, 1.807) is 0 Å². The molecule has 0 bridgehead atoms. The molecule has 0 heteroatoms. The molecule has 0 fully saturated rings. The maximum absolute atomic E-state index is 4.16. The van der Waals surface area contributed by atoms with Crippen molar-refractivity contribution in [3.05, 3.63) is 12.2 Å². The van der Waals surface area contributed by atoms with E-state index in [4.69, 9.17) is 0 Å². The first-order chi connectivity index (χ1) is 7.02. The predicted molar refractivity (Wildman–Crippen MR) is 73.3 cm³/mol. The summed E-state index contributed by atoms with van der Waals surface area (Å²) in [6.45, 7) is 17.4. The smallest absolute Gasteiger partial charge is 0.0271 e. The molecule has 0 aromatic rings. The van der Waals surface area contributed by atoms with Gasteiger partial charge < -0.3 is 0 Å². The Bertz CT molecular complexity index is 142. The Morgan fingerprint density at radius 3 is 2.00 bits per heavy atom. The van der Waals surface area contributed by atoms with Gasteiger partial charge in [0.1, 0.15) is 0 Å². The first kappa shape index (κ1) is 17.1. The van der Waals surface area contributed by atoms with E-state index < -0.39 is 0 Å². The van der Waals surface area contributed by atoms with Crippen molar-refractivity contribution in [2.45, 2.75) is 80.1 Å². The van der Waals surface area contributed by atoms with Crippen LogP contribution in [0, 0.1) is 5.41 Å². The van der Waals surface area contributed by atoms with Gasteiger partial charge in [-0.1, -0.05) is 66.5 Å². The molecule has 0 aromatic heterocycles. The fraction of sp³-hybridized carbons (Fsp3) is 0.867. The molecule has 0 aliphatic rings. The van der Waals surface area contributed by atoms with E-state index in [-0.39, 0.29) is 0 Å². The van der Waals surface area contributed by atoms with Gasteiger partial charge in [0.15, 0.2) is 0 Å². The molecular weight excluding hydrogens is 180 g/mol. The standard InChI is InChI=1S/C13H26.C2H6/c1-6-8-9-12(3)11-13(4,5)10-7-2;1-2/h3,6-11H2,1-2,4-5H3;1-2H3. The zero-order chi connectivity index (χ0) is 12.3. The van der Waals surface area contributed by atoms with E-state index in [9.17, 15) is 0 Å². The average molecular weight is 212 g/mol. The molecular formula is C15H32. The molecule has 0 amide bonds. The summed E-state index contributed by atoms with van der Waals surface area (Å²) >= 11 is 0. The van der Waals surface area contributed by atoms with E-state index in [0.29, 0.717) is 5.41 Å². The summed E-state index contributed by atoms with van der Waals surface area (Å²) in [5.41, 5.74) is 1.92. The third-order valence-electron chi connectivity index (χ3n) is 2.54. The second-order valence-corrected chi connectivity index (χ2v) is 4.94. The topological polar surface area (TPSA) is 0 Å². The van der Waals surface area contributed by atoms with Crippen molar-refractivity contribution >= 4 is 0 Å².